The van der Waals surface area contributed by atoms with Crippen molar-refractivity contribution in [3.63, 3.8) is 0 Å². The average molecular weight is 270 g/mol. The Hall–Kier alpha value is -0.830. The maximum Gasteiger partial charge on any atom is 0.231 e. The van der Waals surface area contributed by atoms with Crippen LogP contribution in [0.2, 0.25) is 0 Å². The van der Waals surface area contributed by atoms with Gasteiger partial charge in [0, 0.05) is 0 Å². The molecule has 0 bridgehead atoms. The smallest absolute Gasteiger partial charge is 0.231 e. The van der Waals surface area contributed by atoms with Crippen LogP contribution in [0, 0.1) is 13.8 Å². The van der Waals surface area contributed by atoms with E-state index in [2.05, 4.69) is 53.3 Å². The molecule has 1 unspecified atom stereocenters. The lowest BCUT2D eigenvalue weighted by atomic mass is 10.0. The van der Waals surface area contributed by atoms with E-state index in [1.54, 1.807) is 0 Å². The first-order chi connectivity index (χ1) is 7.04. The van der Waals surface area contributed by atoms with Gasteiger partial charge in [0.05, 0.1) is 11.4 Å². The predicted molar refractivity (Wildman–Crippen MR) is 66.3 cm³/mol. The zero-order valence-electron chi connectivity index (χ0n) is 9.30. The van der Waals surface area contributed by atoms with Crippen molar-refractivity contribution in [3.8, 4) is 0 Å². The molecule has 0 aliphatic carbocycles. The van der Waals surface area contributed by atoms with Crippen LogP contribution in [-0.4, -0.2) is 11.2 Å². The molecule has 0 aromatic heterocycles. The molecule has 2 nitrogen and oxygen atoms in total. The molecule has 82 valence electrons. The van der Waals surface area contributed by atoms with Gasteiger partial charge in [-0.1, -0.05) is 34.1 Å². The Balaban J connectivity index is 2.78. The van der Waals surface area contributed by atoms with Gasteiger partial charge in [-0.15, -0.1) is 0 Å². The molecule has 0 saturated carbocycles. The Bertz CT molecular complexity index is 363. The third-order valence-electron chi connectivity index (χ3n) is 2.53. The van der Waals surface area contributed by atoms with Crippen molar-refractivity contribution in [1.82, 2.24) is 5.32 Å². The van der Waals surface area contributed by atoms with Crippen molar-refractivity contribution < 1.29 is 4.79 Å². The monoisotopic (exact) mass is 269 g/mol. The minimum atomic E-state index is 0.0146. The summed E-state index contributed by atoms with van der Waals surface area (Å²) in [5.41, 5.74) is 3.68. The third kappa shape index (κ3) is 3.34. The number of carbonyl (C=O) groups excluding carboxylic acids is 1. The molecule has 1 aromatic carbocycles. The SMILES string of the molecule is Cc1ccc(C(C)NC(=O)CBr)cc1C. The first-order valence-electron chi connectivity index (χ1n) is 4.97. The van der Waals surface area contributed by atoms with E-state index in [0.717, 1.165) is 5.56 Å². The quantitative estimate of drug-likeness (QED) is 0.841. The van der Waals surface area contributed by atoms with E-state index in [1.165, 1.54) is 11.1 Å². The molecule has 0 aliphatic heterocycles. The summed E-state index contributed by atoms with van der Waals surface area (Å²) in [6, 6.07) is 6.33. The number of aryl methyl sites for hydroxylation is 2. The van der Waals surface area contributed by atoms with Crippen LogP contribution in [0.1, 0.15) is 29.7 Å². The first-order valence-corrected chi connectivity index (χ1v) is 6.09. The standard InChI is InChI=1S/C12H16BrNO/c1-8-4-5-11(6-9(8)2)10(3)14-12(15)7-13/h4-6,10H,7H2,1-3H3,(H,14,15). The predicted octanol–water partition coefficient (Wildman–Crippen LogP) is 2.88. The normalized spacial score (nSPS) is 12.3. The van der Waals surface area contributed by atoms with Gasteiger partial charge in [0.1, 0.15) is 0 Å². The molecule has 1 amide bonds. The lowest BCUT2D eigenvalue weighted by Crippen LogP contribution is -2.27. The van der Waals surface area contributed by atoms with E-state index in [0.29, 0.717) is 5.33 Å². The molecule has 0 spiro atoms. The molecule has 1 aromatic rings. The van der Waals surface area contributed by atoms with Crippen LogP contribution in [0.15, 0.2) is 18.2 Å². The fourth-order valence-corrected chi connectivity index (χ4v) is 1.56. The van der Waals surface area contributed by atoms with Crippen LogP contribution in [0.3, 0.4) is 0 Å². The maximum atomic E-state index is 11.2. The second-order valence-corrected chi connectivity index (χ2v) is 4.33. The number of alkyl halides is 1. The summed E-state index contributed by atoms with van der Waals surface area (Å²) < 4.78 is 0. The fourth-order valence-electron chi connectivity index (χ4n) is 1.40. The van der Waals surface area contributed by atoms with E-state index in [1.807, 2.05) is 6.92 Å². The van der Waals surface area contributed by atoms with Crippen LogP contribution >= 0.6 is 15.9 Å². The summed E-state index contributed by atoms with van der Waals surface area (Å²) in [6.45, 7) is 6.16. The highest BCUT2D eigenvalue weighted by Gasteiger charge is 2.08. The van der Waals surface area contributed by atoms with Gasteiger partial charge in [0.2, 0.25) is 5.91 Å². The minimum absolute atomic E-state index is 0.0146. The summed E-state index contributed by atoms with van der Waals surface area (Å²) >= 11 is 3.13. The number of nitrogens with one attached hydrogen (secondary N) is 1. The van der Waals surface area contributed by atoms with E-state index in [4.69, 9.17) is 0 Å². The minimum Gasteiger partial charge on any atom is -0.349 e. The maximum absolute atomic E-state index is 11.2. The summed E-state index contributed by atoms with van der Waals surface area (Å²) in [4.78, 5) is 11.2. The Kier molecular flexibility index (Phi) is 4.33. The van der Waals surface area contributed by atoms with Crippen molar-refractivity contribution in [3.05, 3.63) is 34.9 Å². The van der Waals surface area contributed by atoms with Gasteiger partial charge in [0.15, 0.2) is 0 Å². The lowest BCUT2D eigenvalue weighted by molar-refractivity contribution is -0.119. The summed E-state index contributed by atoms with van der Waals surface area (Å²) in [7, 11) is 0. The molecule has 0 saturated heterocycles. The van der Waals surface area contributed by atoms with Crippen LogP contribution in [0.4, 0.5) is 0 Å². The average Bonchev–Trinajstić information content (AvgIpc) is 2.21. The number of hydrogen-bond acceptors (Lipinski definition) is 1. The van der Waals surface area contributed by atoms with Crippen molar-refractivity contribution in [1.29, 1.82) is 0 Å². The molecule has 3 heteroatoms. The van der Waals surface area contributed by atoms with Gasteiger partial charge in [-0.3, -0.25) is 4.79 Å². The van der Waals surface area contributed by atoms with Gasteiger partial charge >= 0.3 is 0 Å². The molecular weight excluding hydrogens is 254 g/mol. The molecule has 0 radical (unpaired) electrons. The molecule has 0 heterocycles. The third-order valence-corrected chi connectivity index (χ3v) is 3.04. The van der Waals surface area contributed by atoms with Gasteiger partial charge in [-0.25, -0.2) is 0 Å². The number of rotatable bonds is 3. The van der Waals surface area contributed by atoms with Crippen molar-refractivity contribution in [2.45, 2.75) is 26.8 Å². The van der Waals surface area contributed by atoms with Crippen molar-refractivity contribution in [2.24, 2.45) is 0 Å². The molecule has 0 fully saturated rings. The number of hydrogen-bond donors (Lipinski definition) is 1. The summed E-state index contributed by atoms with van der Waals surface area (Å²) in [5, 5.41) is 3.26. The first kappa shape index (κ1) is 12.2. The van der Waals surface area contributed by atoms with E-state index < -0.39 is 0 Å². The molecule has 0 aliphatic rings. The zero-order chi connectivity index (χ0) is 11.4. The highest BCUT2D eigenvalue weighted by atomic mass is 79.9. The van der Waals surface area contributed by atoms with Crippen molar-refractivity contribution >= 4 is 21.8 Å². The summed E-state index contributed by atoms with van der Waals surface area (Å²) in [5.74, 6) is 0.0146. The number of halogens is 1. The van der Waals surface area contributed by atoms with Gasteiger partial charge in [0.25, 0.3) is 0 Å². The Morgan fingerprint density at radius 3 is 2.60 bits per heavy atom. The largest absolute Gasteiger partial charge is 0.349 e. The Morgan fingerprint density at radius 1 is 1.40 bits per heavy atom. The second-order valence-electron chi connectivity index (χ2n) is 3.77. The lowest BCUT2D eigenvalue weighted by Gasteiger charge is -2.14. The van der Waals surface area contributed by atoms with E-state index >= 15 is 0 Å². The van der Waals surface area contributed by atoms with E-state index in [-0.39, 0.29) is 11.9 Å². The topological polar surface area (TPSA) is 29.1 Å². The highest BCUT2D eigenvalue weighted by molar-refractivity contribution is 9.09. The zero-order valence-corrected chi connectivity index (χ0v) is 10.9. The molecular formula is C12H16BrNO. The van der Waals surface area contributed by atoms with Crippen LogP contribution < -0.4 is 5.32 Å². The van der Waals surface area contributed by atoms with Crippen LogP contribution in [0.25, 0.3) is 0 Å². The number of carbonyl (C=O) groups is 1. The molecule has 1 atom stereocenters. The van der Waals surface area contributed by atoms with Gasteiger partial charge < -0.3 is 5.32 Å². The van der Waals surface area contributed by atoms with Gasteiger partial charge in [-0.2, -0.15) is 0 Å². The second kappa shape index (κ2) is 5.31. The Morgan fingerprint density at radius 2 is 2.07 bits per heavy atom. The molecule has 15 heavy (non-hydrogen) atoms. The Labute approximate surface area is 99.2 Å². The number of benzene rings is 1. The fraction of sp³-hybridized carbons (Fsp3) is 0.417. The van der Waals surface area contributed by atoms with E-state index in [9.17, 15) is 4.79 Å². The molecule has 1 N–H and O–H groups in total. The number of amides is 1. The van der Waals surface area contributed by atoms with Crippen LogP contribution in [0.5, 0.6) is 0 Å². The van der Waals surface area contributed by atoms with Crippen molar-refractivity contribution in [2.75, 3.05) is 5.33 Å². The summed E-state index contributed by atoms with van der Waals surface area (Å²) in [6.07, 6.45) is 0. The molecule has 1 rings (SSSR count). The highest BCUT2D eigenvalue weighted by Crippen LogP contribution is 2.16. The van der Waals surface area contributed by atoms with Crippen LogP contribution in [-0.2, 0) is 4.79 Å². The van der Waals surface area contributed by atoms with Gasteiger partial charge in [-0.05, 0) is 37.5 Å².